The van der Waals surface area contributed by atoms with Crippen molar-refractivity contribution in [1.29, 1.82) is 0 Å². The molecule has 0 bridgehead atoms. The number of sulfonamides is 1. The Hall–Kier alpha value is -0.400. The highest BCUT2D eigenvalue weighted by molar-refractivity contribution is 9.09. The third-order valence-electron chi connectivity index (χ3n) is 2.93. The van der Waals surface area contributed by atoms with Gasteiger partial charge in [-0.2, -0.15) is 5.10 Å². The lowest BCUT2D eigenvalue weighted by Gasteiger charge is -2.10. The third-order valence-corrected chi connectivity index (χ3v) is 5.69. The molecule has 2 rings (SSSR count). The van der Waals surface area contributed by atoms with E-state index < -0.39 is 10.0 Å². The van der Waals surface area contributed by atoms with Crippen LogP contribution in [0.15, 0.2) is 4.90 Å². The Balaban J connectivity index is 2.08. The van der Waals surface area contributed by atoms with Crippen LogP contribution in [0.2, 0.25) is 0 Å². The average molecular weight is 322 g/mol. The minimum absolute atomic E-state index is 0.227. The molecule has 0 aromatic carbocycles. The molecule has 17 heavy (non-hydrogen) atoms. The topological polar surface area (TPSA) is 74.8 Å². The van der Waals surface area contributed by atoms with Gasteiger partial charge >= 0.3 is 0 Å². The lowest BCUT2D eigenvalue weighted by Crippen LogP contribution is -2.31. The number of hydrogen-bond donors (Lipinski definition) is 2. The first kappa shape index (κ1) is 13.0. The molecule has 1 aromatic rings. The number of nitrogens with one attached hydrogen (secondary N) is 2. The van der Waals surface area contributed by atoms with Crippen molar-refractivity contribution in [2.45, 2.75) is 36.4 Å². The summed E-state index contributed by atoms with van der Waals surface area (Å²) in [5.74, 6) is 0.615. The fourth-order valence-corrected chi connectivity index (χ4v) is 4.15. The predicted octanol–water partition coefficient (Wildman–Crippen LogP) is 1.48. The van der Waals surface area contributed by atoms with Crippen molar-refractivity contribution in [1.82, 2.24) is 14.9 Å². The molecule has 1 unspecified atom stereocenters. The summed E-state index contributed by atoms with van der Waals surface area (Å²) in [5, 5.41) is 6.59. The Kier molecular flexibility index (Phi) is 3.61. The first-order valence-electron chi connectivity index (χ1n) is 5.57. The predicted molar refractivity (Wildman–Crippen MR) is 68.7 cm³/mol. The fourth-order valence-electron chi connectivity index (χ4n) is 1.82. The lowest BCUT2D eigenvalue weighted by atomic mass is 10.3. The highest BCUT2D eigenvalue weighted by Gasteiger charge is 2.31. The molecule has 0 aliphatic heterocycles. The van der Waals surface area contributed by atoms with Gasteiger partial charge in [0.05, 0.1) is 11.4 Å². The summed E-state index contributed by atoms with van der Waals surface area (Å²) in [6.07, 6.45) is 2.36. The van der Waals surface area contributed by atoms with E-state index in [1.807, 2.05) is 0 Å². The minimum atomic E-state index is -3.45. The maximum absolute atomic E-state index is 12.1. The van der Waals surface area contributed by atoms with E-state index in [1.54, 1.807) is 13.8 Å². The van der Waals surface area contributed by atoms with E-state index in [9.17, 15) is 8.42 Å². The van der Waals surface area contributed by atoms with Gasteiger partial charge in [0, 0.05) is 11.4 Å². The van der Waals surface area contributed by atoms with Crippen molar-refractivity contribution >= 4 is 26.0 Å². The molecule has 1 aromatic heterocycles. The monoisotopic (exact) mass is 321 g/mol. The maximum Gasteiger partial charge on any atom is 0.244 e. The summed E-state index contributed by atoms with van der Waals surface area (Å²) >= 11 is 3.51. The molecule has 7 heteroatoms. The SMILES string of the molecule is Cc1n[nH]c(C)c1S(=O)(=O)NCC(Br)C1CC1. The second kappa shape index (κ2) is 4.70. The van der Waals surface area contributed by atoms with Gasteiger partial charge < -0.3 is 0 Å². The van der Waals surface area contributed by atoms with E-state index in [0.29, 0.717) is 23.9 Å². The first-order valence-corrected chi connectivity index (χ1v) is 7.97. The van der Waals surface area contributed by atoms with Crippen LogP contribution in [0.3, 0.4) is 0 Å². The Morgan fingerprint density at radius 2 is 2.18 bits per heavy atom. The van der Waals surface area contributed by atoms with Gasteiger partial charge in [-0.1, -0.05) is 15.9 Å². The van der Waals surface area contributed by atoms with E-state index in [2.05, 4.69) is 30.8 Å². The highest BCUT2D eigenvalue weighted by atomic mass is 79.9. The van der Waals surface area contributed by atoms with Crippen LogP contribution in [0.5, 0.6) is 0 Å². The van der Waals surface area contributed by atoms with Crippen molar-refractivity contribution in [3.8, 4) is 0 Å². The van der Waals surface area contributed by atoms with Crippen LogP contribution in [-0.2, 0) is 10.0 Å². The van der Waals surface area contributed by atoms with Crippen LogP contribution in [0.1, 0.15) is 24.2 Å². The number of aromatic nitrogens is 2. The normalized spacial score (nSPS) is 18.3. The molecule has 0 saturated heterocycles. The number of alkyl halides is 1. The molecule has 1 atom stereocenters. The lowest BCUT2D eigenvalue weighted by molar-refractivity contribution is 0.576. The molecule has 2 N–H and O–H groups in total. The summed E-state index contributed by atoms with van der Waals surface area (Å²) in [6.45, 7) is 3.82. The van der Waals surface area contributed by atoms with Crippen LogP contribution >= 0.6 is 15.9 Å². The average Bonchev–Trinajstić information content (AvgIpc) is 3.02. The van der Waals surface area contributed by atoms with Gasteiger partial charge in [0.1, 0.15) is 4.90 Å². The maximum atomic E-state index is 12.1. The van der Waals surface area contributed by atoms with Crippen molar-refractivity contribution in [3.63, 3.8) is 0 Å². The van der Waals surface area contributed by atoms with Gasteiger partial charge in [0.2, 0.25) is 10.0 Å². The van der Waals surface area contributed by atoms with E-state index in [4.69, 9.17) is 0 Å². The second-order valence-electron chi connectivity index (χ2n) is 4.47. The number of aromatic amines is 1. The number of rotatable bonds is 5. The zero-order valence-corrected chi connectivity index (χ0v) is 12.2. The van der Waals surface area contributed by atoms with E-state index in [1.165, 1.54) is 12.8 Å². The minimum Gasteiger partial charge on any atom is -0.281 e. The van der Waals surface area contributed by atoms with Crippen molar-refractivity contribution in [3.05, 3.63) is 11.4 Å². The van der Waals surface area contributed by atoms with Crippen LogP contribution in [0, 0.1) is 19.8 Å². The molecule has 0 spiro atoms. The van der Waals surface area contributed by atoms with Crippen LogP contribution in [0.4, 0.5) is 0 Å². The van der Waals surface area contributed by atoms with Gasteiger partial charge in [-0.3, -0.25) is 5.10 Å². The molecule has 0 radical (unpaired) electrons. The zero-order chi connectivity index (χ0) is 12.6. The molecule has 5 nitrogen and oxygen atoms in total. The molecule has 96 valence electrons. The van der Waals surface area contributed by atoms with Crippen molar-refractivity contribution in [2.24, 2.45) is 5.92 Å². The molecule has 1 aliphatic rings. The quantitative estimate of drug-likeness (QED) is 0.806. The molecule has 0 amide bonds. The number of H-pyrrole nitrogens is 1. The van der Waals surface area contributed by atoms with Crippen molar-refractivity contribution in [2.75, 3.05) is 6.54 Å². The number of aryl methyl sites for hydroxylation is 2. The van der Waals surface area contributed by atoms with Gasteiger partial charge in [-0.25, -0.2) is 13.1 Å². The zero-order valence-electron chi connectivity index (χ0n) is 9.83. The highest BCUT2D eigenvalue weighted by Crippen LogP contribution is 2.36. The molecular formula is C10H16BrN3O2S. The second-order valence-corrected chi connectivity index (χ2v) is 7.35. The van der Waals surface area contributed by atoms with Crippen LogP contribution < -0.4 is 4.72 Å². The molecule has 1 heterocycles. The smallest absolute Gasteiger partial charge is 0.244 e. The molecule has 1 fully saturated rings. The molecule has 1 aliphatic carbocycles. The largest absolute Gasteiger partial charge is 0.281 e. The van der Waals surface area contributed by atoms with E-state index >= 15 is 0 Å². The summed E-state index contributed by atoms with van der Waals surface area (Å²) in [6, 6.07) is 0. The number of hydrogen-bond acceptors (Lipinski definition) is 3. The standard InChI is InChI=1S/C10H16BrN3O2S/c1-6-10(7(2)14-13-6)17(15,16)12-5-9(11)8-3-4-8/h8-9,12H,3-5H2,1-2H3,(H,13,14). The summed E-state index contributed by atoms with van der Waals surface area (Å²) in [5.41, 5.74) is 1.08. The Labute approximate surface area is 110 Å². The number of nitrogens with zero attached hydrogens (tertiary/aromatic N) is 1. The Morgan fingerprint density at radius 3 is 2.65 bits per heavy atom. The molecular weight excluding hydrogens is 306 g/mol. The fraction of sp³-hybridized carbons (Fsp3) is 0.700. The Morgan fingerprint density at radius 1 is 1.53 bits per heavy atom. The van der Waals surface area contributed by atoms with Crippen LogP contribution in [-0.4, -0.2) is 30.0 Å². The number of halogens is 1. The Bertz CT molecular complexity index is 488. The molecule has 1 saturated carbocycles. The van der Waals surface area contributed by atoms with Gasteiger partial charge in [-0.15, -0.1) is 0 Å². The third kappa shape index (κ3) is 2.89. The van der Waals surface area contributed by atoms with Gasteiger partial charge in [0.25, 0.3) is 0 Å². The van der Waals surface area contributed by atoms with E-state index in [-0.39, 0.29) is 9.72 Å². The van der Waals surface area contributed by atoms with Crippen LogP contribution in [0.25, 0.3) is 0 Å². The summed E-state index contributed by atoms with van der Waals surface area (Å²) in [4.78, 5) is 0.498. The van der Waals surface area contributed by atoms with Gasteiger partial charge in [0.15, 0.2) is 0 Å². The van der Waals surface area contributed by atoms with Gasteiger partial charge in [-0.05, 0) is 32.6 Å². The first-order chi connectivity index (χ1) is 7.92. The summed E-state index contributed by atoms with van der Waals surface area (Å²) < 4.78 is 26.8. The van der Waals surface area contributed by atoms with Crippen molar-refractivity contribution < 1.29 is 8.42 Å². The van der Waals surface area contributed by atoms with E-state index in [0.717, 1.165) is 0 Å². The summed E-state index contributed by atoms with van der Waals surface area (Å²) in [7, 11) is -3.45.